The Morgan fingerprint density at radius 3 is 2.89 bits per heavy atom. The van der Waals surface area contributed by atoms with Gasteiger partial charge in [-0.2, -0.15) is 0 Å². The summed E-state index contributed by atoms with van der Waals surface area (Å²) in [4.78, 5) is 3.35. The molecule has 96 valence electrons. The molecule has 0 radical (unpaired) electrons. The number of H-pyrrole nitrogens is 1. The SMILES string of the molecule is CCNC1CCc2[nH]c3cc(O)c(O)cc3c2C1. The van der Waals surface area contributed by atoms with Crippen LogP contribution in [0, 0.1) is 0 Å². The smallest absolute Gasteiger partial charge is 0.159 e. The van der Waals surface area contributed by atoms with Gasteiger partial charge in [-0.25, -0.2) is 0 Å². The highest BCUT2D eigenvalue weighted by molar-refractivity contribution is 5.88. The van der Waals surface area contributed by atoms with Crippen LogP contribution in [0.2, 0.25) is 0 Å². The maximum atomic E-state index is 9.63. The van der Waals surface area contributed by atoms with Gasteiger partial charge in [0.1, 0.15) is 0 Å². The van der Waals surface area contributed by atoms with E-state index in [1.807, 2.05) is 0 Å². The predicted octanol–water partition coefficient (Wildman–Crippen LogP) is 2.05. The number of nitrogens with one attached hydrogen (secondary N) is 2. The minimum absolute atomic E-state index is 0.0464. The van der Waals surface area contributed by atoms with Crippen LogP contribution in [0.25, 0.3) is 10.9 Å². The van der Waals surface area contributed by atoms with Crippen molar-refractivity contribution in [3.05, 3.63) is 23.4 Å². The average molecular weight is 246 g/mol. The molecule has 4 heteroatoms. The Morgan fingerprint density at radius 1 is 1.33 bits per heavy atom. The second-order valence-electron chi connectivity index (χ2n) is 4.97. The second kappa shape index (κ2) is 4.21. The van der Waals surface area contributed by atoms with E-state index in [-0.39, 0.29) is 11.5 Å². The fourth-order valence-electron chi connectivity index (χ4n) is 2.91. The van der Waals surface area contributed by atoms with Crippen LogP contribution < -0.4 is 5.32 Å². The van der Waals surface area contributed by atoms with Crippen molar-refractivity contribution in [3.63, 3.8) is 0 Å². The van der Waals surface area contributed by atoms with E-state index in [0.29, 0.717) is 6.04 Å². The van der Waals surface area contributed by atoms with Crippen LogP contribution >= 0.6 is 0 Å². The second-order valence-corrected chi connectivity index (χ2v) is 4.97. The molecular weight excluding hydrogens is 228 g/mol. The fraction of sp³-hybridized carbons (Fsp3) is 0.429. The third-order valence-corrected chi connectivity index (χ3v) is 3.78. The van der Waals surface area contributed by atoms with Crippen molar-refractivity contribution in [2.24, 2.45) is 0 Å². The van der Waals surface area contributed by atoms with Gasteiger partial charge in [-0.05, 0) is 37.4 Å². The molecule has 0 amide bonds. The van der Waals surface area contributed by atoms with Gasteiger partial charge in [0.15, 0.2) is 11.5 Å². The minimum atomic E-state index is -0.0654. The Bertz CT molecular complexity index is 589. The maximum Gasteiger partial charge on any atom is 0.159 e. The van der Waals surface area contributed by atoms with Gasteiger partial charge in [-0.15, -0.1) is 0 Å². The molecule has 1 aliphatic carbocycles. The highest BCUT2D eigenvalue weighted by atomic mass is 16.3. The number of aryl methyl sites for hydroxylation is 1. The van der Waals surface area contributed by atoms with Crippen molar-refractivity contribution in [1.82, 2.24) is 10.3 Å². The molecule has 0 fully saturated rings. The molecule has 1 unspecified atom stereocenters. The van der Waals surface area contributed by atoms with Gasteiger partial charge in [0.05, 0.1) is 0 Å². The summed E-state index contributed by atoms with van der Waals surface area (Å²) in [6.45, 7) is 3.10. The van der Waals surface area contributed by atoms with Gasteiger partial charge in [-0.3, -0.25) is 0 Å². The number of aromatic nitrogens is 1. The summed E-state index contributed by atoms with van der Waals surface area (Å²) in [7, 11) is 0. The van der Waals surface area contributed by atoms with Crippen LogP contribution in [0.15, 0.2) is 12.1 Å². The Morgan fingerprint density at radius 2 is 2.11 bits per heavy atom. The first-order chi connectivity index (χ1) is 8.69. The normalized spacial score (nSPS) is 19.1. The molecule has 1 atom stereocenters. The third-order valence-electron chi connectivity index (χ3n) is 3.78. The van der Waals surface area contributed by atoms with Gasteiger partial charge in [0, 0.05) is 28.7 Å². The van der Waals surface area contributed by atoms with Crippen LogP contribution in [-0.4, -0.2) is 27.8 Å². The molecule has 0 spiro atoms. The van der Waals surface area contributed by atoms with E-state index < -0.39 is 0 Å². The van der Waals surface area contributed by atoms with Crippen molar-refractivity contribution in [3.8, 4) is 11.5 Å². The number of phenols is 2. The zero-order valence-corrected chi connectivity index (χ0v) is 10.5. The van der Waals surface area contributed by atoms with Crippen LogP contribution in [-0.2, 0) is 12.8 Å². The molecule has 0 aliphatic heterocycles. The van der Waals surface area contributed by atoms with E-state index in [1.165, 1.54) is 11.3 Å². The number of rotatable bonds is 2. The molecule has 1 heterocycles. The largest absolute Gasteiger partial charge is 0.504 e. The Hall–Kier alpha value is -1.68. The monoisotopic (exact) mass is 246 g/mol. The summed E-state index contributed by atoms with van der Waals surface area (Å²) >= 11 is 0. The Labute approximate surface area is 106 Å². The van der Waals surface area contributed by atoms with Gasteiger partial charge in [0.2, 0.25) is 0 Å². The molecule has 0 bridgehead atoms. The average Bonchev–Trinajstić information content (AvgIpc) is 2.68. The summed E-state index contributed by atoms with van der Waals surface area (Å²) in [5.41, 5.74) is 3.43. The molecule has 1 aromatic heterocycles. The van der Waals surface area contributed by atoms with Crippen molar-refractivity contribution in [1.29, 1.82) is 0 Å². The molecule has 4 nitrogen and oxygen atoms in total. The first kappa shape index (κ1) is 11.4. The third kappa shape index (κ3) is 1.73. The van der Waals surface area contributed by atoms with Gasteiger partial charge in [-0.1, -0.05) is 6.92 Å². The lowest BCUT2D eigenvalue weighted by molar-refractivity contribution is 0.405. The molecule has 3 rings (SSSR count). The maximum absolute atomic E-state index is 9.63. The van der Waals surface area contributed by atoms with Crippen molar-refractivity contribution in [2.45, 2.75) is 32.2 Å². The van der Waals surface area contributed by atoms with Crippen LogP contribution in [0.1, 0.15) is 24.6 Å². The van der Waals surface area contributed by atoms with Crippen molar-refractivity contribution >= 4 is 10.9 Å². The molecule has 1 aliphatic rings. The standard InChI is InChI=1S/C14H18N2O2/c1-2-15-8-3-4-11-9(5-8)10-6-13(17)14(18)7-12(10)16-11/h6-8,15-18H,2-5H2,1H3. The fourth-order valence-corrected chi connectivity index (χ4v) is 2.91. The number of aromatic amines is 1. The first-order valence-electron chi connectivity index (χ1n) is 6.47. The molecule has 18 heavy (non-hydrogen) atoms. The summed E-state index contributed by atoms with van der Waals surface area (Å²) in [5.74, 6) is -0.112. The number of hydrogen-bond donors (Lipinski definition) is 4. The topological polar surface area (TPSA) is 68.3 Å². The number of benzene rings is 1. The zero-order valence-electron chi connectivity index (χ0n) is 10.5. The quantitative estimate of drug-likeness (QED) is 0.613. The molecule has 4 N–H and O–H groups in total. The van der Waals surface area contributed by atoms with Gasteiger partial charge >= 0.3 is 0 Å². The number of hydrogen-bond acceptors (Lipinski definition) is 3. The highest BCUT2D eigenvalue weighted by Crippen LogP contribution is 2.35. The van der Waals surface area contributed by atoms with E-state index in [9.17, 15) is 10.2 Å². The minimum Gasteiger partial charge on any atom is -0.504 e. The molecule has 0 saturated heterocycles. The summed E-state index contributed by atoms with van der Waals surface area (Å²) in [5, 5.41) is 23.7. The zero-order chi connectivity index (χ0) is 12.7. The van der Waals surface area contributed by atoms with Crippen LogP contribution in [0.3, 0.4) is 0 Å². The summed E-state index contributed by atoms with van der Waals surface area (Å²) in [6.07, 6.45) is 3.13. The van der Waals surface area contributed by atoms with Gasteiger partial charge < -0.3 is 20.5 Å². The van der Waals surface area contributed by atoms with Crippen LogP contribution in [0.4, 0.5) is 0 Å². The molecule has 0 saturated carbocycles. The first-order valence-corrected chi connectivity index (χ1v) is 6.47. The number of fused-ring (bicyclic) bond motifs is 3. The summed E-state index contributed by atoms with van der Waals surface area (Å²) in [6, 6.07) is 3.77. The van der Waals surface area contributed by atoms with E-state index in [1.54, 1.807) is 12.1 Å². The lowest BCUT2D eigenvalue weighted by atomic mass is 9.91. The Kier molecular flexibility index (Phi) is 2.67. The van der Waals surface area contributed by atoms with E-state index >= 15 is 0 Å². The van der Waals surface area contributed by atoms with E-state index in [0.717, 1.165) is 36.7 Å². The lowest BCUT2D eigenvalue weighted by Crippen LogP contribution is -2.34. The van der Waals surface area contributed by atoms with Crippen molar-refractivity contribution < 1.29 is 10.2 Å². The van der Waals surface area contributed by atoms with Crippen LogP contribution in [0.5, 0.6) is 11.5 Å². The predicted molar refractivity (Wildman–Crippen MR) is 71.1 cm³/mol. The van der Waals surface area contributed by atoms with E-state index in [4.69, 9.17) is 0 Å². The number of phenolic OH excluding ortho intramolecular Hbond substituents is 2. The molecule has 1 aromatic carbocycles. The van der Waals surface area contributed by atoms with Crippen molar-refractivity contribution in [2.75, 3.05) is 6.54 Å². The van der Waals surface area contributed by atoms with E-state index in [2.05, 4.69) is 17.2 Å². The highest BCUT2D eigenvalue weighted by Gasteiger charge is 2.22. The molecular formula is C14H18N2O2. The van der Waals surface area contributed by atoms with Gasteiger partial charge in [0.25, 0.3) is 0 Å². The molecule has 2 aromatic rings. The number of aromatic hydroxyl groups is 2. The Balaban J connectivity index is 2.07. The number of likely N-dealkylation sites (N-methyl/N-ethyl adjacent to an activating group) is 1. The lowest BCUT2D eigenvalue weighted by Gasteiger charge is -2.23. The summed E-state index contributed by atoms with van der Waals surface area (Å²) < 4.78 is 0.